The molecule has 0 aliphatic heterocycles. The zero-order chi connectivity index (χ0) is 10.3. The van der Waals surface area contributed by atoms with Crippen molar-refractivity contribution in [2.24, 2.45) is 5.14 Å². The van der Waals surface area contributed by atoms with Gasteiger partial charge in [0.2, 0.25) is 15.9 Å². The van der Waals surface area contributed by atoms with Gasteiger partial charge in [-0.2, -0.15) is 0 Å². The molecule has 0 spiro atoms. The minimum absolute atomic E-state index is 0.0708. The molecule has 0 unspecified atom stereocenters. The topological polar surface area (TPSA) is 101 Å². The van der Waals surface area contributed by atoms with E-state index in [-0.39, 0.29) is 18.2 Å². The van der Waals surface area contributed by atoms with Crippen molar-refractivity contribution in [3.8, 4) is 0 Å². The van der Waals surface area contributed by atoms with E-state index < -0.39 is 10.0 Å². The molecule has 0 aliphatic carbocycles. The predicted octanol–water partition coefficient (Wildman–Crippen LogP) is -2.00. The number of hydrogen-bond acceptors (Lipinski definition) is 4. The summed E-state index contributed by atoms with van der Waals surface area (Å²) in [6.07, 6.45) is 0.334. The molecule has 1 amide bonds. The molecule has 0 saturated carbocycles. The Labute approximate surface area is 77.9 Å². The molecule has 0 rings (SSSR count). The third kappa shape index (κ3) is 9.25. The molecular weight excluding hydrogens is 194 g/mol. The Hall–Kier alpha value is -0.660. The molecule has 0 heterocycles. The van der Waals surface area contributed by atoms with Crippen molar-refractivity contribution in [1.29, 1.82) is 0 Å². The first-order valence-corrected chi connectivity index (χ1v) is 5.59. The van der Waals surface area contributed by atoms with Gasteiger partial charge in [0.1, 0.15) is 0 Å². The molecule has 0 aromatic carbocycles. The molecule has 0 fully saturated rings. The maximum absolute atomic E-state index is 10.9. The van der Waals surface area contributed by atoms with Crippen molar-refractivity contribution in [3.63, 3.8) is 0 Å². The molecule has 0 bridgehead atoms. The number of hydrogen-bond donors (Lipinski definition) is 3. The van der Waals surface area contributed by atoms with Crippen molar-refractivity contribution in [2.75, 3.05) is 25.9 Å². The largest absolute Gasteiger partial charge is 0.355 e. The fraction of sp³-hybridized carbons (Fsp3) is 0.833. The molecule has 0 saturated heterocycles. The van der Waals surface area contributed by atoms with Gasteiger partial charge in [-0.25, -0.2) is 13.6 Å². The van der Waals surface area contributed by atoms with E-state index in [1.165, 1.54) is 0 Å². The first-order valence-electron chi connectivity index (χ1n) is 3.87. The van der Waals surface area contributed by atoms with E-state index in [4.69, 9.17) is 5.14 Å². The van der Waals surface area contributed by atoms with Gasteiger partial charge < -0.3 is 10.6 Å². The SMILES string of the molecule is CNCCC(=O)NCCS(N)(=O)=O. The third-order valence-corrected chi connectivity index (χ3v) is 2.08. The van der Waals surface area contributed by atoms with Crippen LogP contribution >= 0.6 is 0 Å². The Bertz CT molecular complexity index is 250. The van der Waals surface area contributed by atoms with E-state index in [1.54, 1.807) is 7.05 Å². The lowest BCUT2D eigenvalue weighted by Gasteiger charge is -2.03. The summed E-state index contributed by atoms with van der Waals surface area (Å²) in [6.45, 7) is 0.641. The van der Waals surface area contributed by atoms with E-state index in [1.807, 2.05) is 0 Å². The van der Waals surface area contributed by atoms with Crippen LogP contribution in [0.1, 0.15) is 6.42 Å². The normalized spacial score (nSPS) is 11.2. The van der Waals surface area contributed by atoms with Crippen LogP contribution in [0.3, 0.4) is 0 Å². The van der Waals surface area contributed by atoms with Crippen molar-refractivity contribution < 1.29 is 13.2 Å². The van der Waals surface area contributed by atoms with Gasteiger partial charge in [-0.05, 0) is 7.05 Å². The molecule has 0 aliphatic rings. The third-order valence-electron chi connectivity index (χ3n) is 1.31. The predicted molar refractivity (Wildman–Crippen MR) is 49.5 cm³/mol. The summed E-state index contributed by atoms with van der Waals surface area (Å²) < 4.78 is 20.9. The highest BCUT2D eigenvalue weighted by atomic mass is 32.2. The second-order valence-corrected chi connectivity index (χ2v) is 4.30. The molecule has 0 radical (unpaired) electrons. The quantitative estimate of drug-likeness (QED) is 0.471. The van der Waals surface area contributed by atoms with Crippen LogP contribution in [0.25, 0.3) is 0 Å². The monoisotopic (exact) mass is 209 g/mol. The van der Waals surface area contributed by atoms with Gasteiger partial charge in [-0.3, -0.25) is 4.79 Å². The summed E-state index contributed by atoms with van der Waals surface area (Å²) in [6, 6.07) is 0. The molecular formula is C6H15N3O3S. The minimum atomic E-state index is -3.47. The highest BCUT2D eigenvalue weighted by Crippen LogP contribution is 1.78. The summed E-state index contributed by atoms with van der Waals surface area (Å²) in [5, 5.41) is 9.97. The smallest absolute Gasteiger partial charge is 0.221 e. The van der Waals surface area contributed by atoms with Gasteiger partial charge in [0, 0.05) is 19.5 Å². The van der Waals surface area contributed by atoms with Gasteiger partial charge in [0.15, 0.2) is 0 Å². The number of nitrogens with one attached hydrogen (secondary N) is 2. The molecule has 4 N–H and O–H groups in total. The number of rotatable bonds is 6. The van der Waals surface area contributed by atoms with E-state index in [2.05, 4.69) is 10.6 Å². The van der Waals surface area contributed by atoms with Crippen LogP contribution < -0.4 is 15.8 Å². The maximum atomic E-state index is 10.9. The van der Waals surface area contributed by atoms with E-state index >= 15 is 0 Å². The van der Waals surface area contributed by atoms with Gasteiger partial charge in [0.25, 0.3) is 0 Å². The summed E-state index contributed by atoms with van der Waals surface area (Å²) in [4.78, 5) is 10.9. The zero-order valence-electron chi connectivity index (χ0n) is 7.54. The van der Waals surface area contributed by atoms with Crippen molar-refractivity contribution in [1.82, 2.24) is 10.6 Å². The highest BCUT2D eigenvalue weighted by molar-refractivity contribution is 7.89. The number of nitrogens with two attached hydrogens (primary N) is 1. The first-order chi connectivity index (χ1) is 5.95. The fourth-order valence-corrected chi connectivity index (χ4v) is 1.05. The highest BCUT2D eigenvalue weighted by Gasteiger charge is 2.04. The number of carbonyl (C=O) groups excluding carboxylic acids is 1. The lowest BCUT2D eigenvalue weighted by Crippen LogP contribution is -2.32. The number of carbonyl (C=O) groups is 1. The van der Waals surface area contributed by atoms with Crippen molar-refractivity contribution >= 4 is 15.9 Å². The Morgan fingerprint density at radius 1 is 1.38 bits per heavy atom. The first kappa shape index (κ1) is 12.3. The fourth-order valence-electron chi connectivity index (χ4n) is 0.660. The van der Waals surface area contributed by atoms with Gasteiger partial charge in [-0.15, -0.1) is 0 Å². The van der Waals surface area contributed by atoms with Crippen LogP contribution in [-0.2, 0) is 14.8 Å². The minimum Gasteiger partial charge on any atom is -0.355 e. The number of amides is 1. The summed E-state index contributed by atoms with van der Waals surface area (Å²) >= 11 is 0. The Balaban J connectivity index is 3.49. The van der Waals surface area contributed by atoms with E-state index in [0.29, 0.717) is 13.0 Å². The molecule has 7 heteroatoms. The summed E-state index contributed by atoms with van der Waals surface area (Å²) in [7, 11) is -1.74. The Morgan fingerprint density at radius 3 is 2.46 bits per heavy atom. The second kappa shape index (κ2) is 5.90. The molecule has 6 nitrogen and oxygen atoms in total. The molecule has 0 atom stereocenters. The average molecular weight is 209 g/mol. The van der Waals surface area contributed by atoms with Crippen LogP contribution in [0.4, 0.5) is 0 Å². The zero-order valence-corrected chi connectivity index (χ0v) is 8.36. The van der Waals surface area contributed by atoms with Crippen LogP contribution in [0.15, 0.2) is 0 Å². The standard InChI is InChI=1S/C6H15N3O3S/c1-8-3-2-6(10)9-4-5-13(7,11)12/h8H,2-5H2,1H3,(H,9,10)(H2,7,11,12). The van der Waals surface area contributed by atoms with Gasteiger partial charge in [0.05, 0.1) is 5.75 Å². The van der Waals surface area contributed by atoms with Crippen molar-refractivity contribution in [3.05, 3.63) is 0 Å². The molecule has 0 aromatic rings. The van der Waals surface area contributed by atoms with Crippen LogP contribution in [0, 0.1) is 0 Å². The summed E-state index contributed by atoms with van der Waals surface area (Å²) in [5.74, 6) is -0.406. The number of primary sulfonamides is 1. The van der Waals surface area contributed by atoms with E-state index in [9.17, 15) is 13.2 Å². The second-order valence-electron chi connectivity index (χ2n) is 2.57. The summed E-state index contributed by atoms with van der Waals surface area (Å²) in [5.41, 5.74) is 0. The number of sulfonamides is 1. The van der Waals surface area contributed by atoms with Gasteiger partial charge in [-0.1, -0.05) is 0 Å². The lowest BCUT2D eigenvalue weighted by atomic mass is 10.4. The van der Waals surface area contributed by atoms with Crippen LogP contribution in [-0.4, -0.2) is 40.2 Å². The van der Waals surface area contributed by atoms with Gasteiger partial charge >= 0.3 is 0 Å². The van der Waals surface area contributed by atoms with Crippen LogP contribution in [0.5, 0.6) is 0 Å². The van der Waals surface area contributed by atoms with Crippen molar-refractivity contribution in [2.45, 2.75) is 6.42 Å². The molecule has 0 aromatic heterocycles. The lowest BCUT2D eigenvalue weighted by molar-refractivity contribution is -0.120. The van der Waals surface area contributed by atoms with Crippen LogP contribution in [0.2, 0.25) is 0 Å². The maximum Gasteiger partial charge on any atom is 0.221 e. The Kier molecular flexibility index (Phi) is 5.60. The average Bonchev–Trinajstić information content (AvgIpc) is 1.98. The Morgan fingerprint density at radius 2 is 2.00 bits per heavy atom. The molecule has 78 valence electrons. The molecule has 13 heavy (non-hydrogen) atoms. The van der Waals surface area contributed by atoms with E-state index in [0.717, 1.165) is 0 Å².